The first-order chi connectivity index (χ1) is 16.4. The van der Waals surface area contributed by atoms with Gasteiger partial charge in [0.2, 0.25) is 5.82 Å². The fraction of sp³-hybridized carbons (Fsp3) is 0.115. The third kappa shape index (κ3) is 4.08. The number of aromatic nitrogens is 2. The SMILES string of the molecule is CC1=C(c2nc(-c3ccccc3)no2)C(c2ccc(F)cc2)NC(=S)N1c1ccc(C)c(Cl)c1. The van der Waals surface area contributed by atoms with Crippen LogP contribution in [0.15, 0.2) is 83.0 Å². The minimum atomic E-state index is -0.408. The van der Waals surface area contributed by atoms with Gasteiger partial charge in [-0.15, -0.1) is 0 Å². The molecule has 4 aromatic rings. The van der Waals surface area contributed by atoms with Gasteiger partial charge < -0.3 is 9.84 Å². The van der Waals surface area contributed by atoms with Gasteiger partial charge in [0.05, 0.1) is 11.6 Å². The lowest BCUT2D eigenvalue weighted by atomic mass is 9.94. The average molecular weight is 491 g/mol. The molecule has 34 heavy (non-hydrogen) atoms. The van der Waals surface area contributed by atoms with Gasteiger partial charge >= 0.3 is 0 Å². The van der Waals surface area contributed by atoms with Gasteiger partial charge in [0.1, 0.15) is 5.82 Å². The highest BCUT2D eigenvalue weighted by Gasteiger charge is 2.35. The van der Waals surface area contributed by atoms with Crippen LogP contribution in [0, 0.1) is 12.7 Å². The van der Waals surface area contributed by atoms with Crippen LogP contribution in [0.5, 0.6) is 0 Å². The number of benzene rings is 3. The van der Waals surface area contributed by atoms with E-state index in [-0.39, 0.29) is 5.82 Å². The van der Waals surface area contributed by atoms with Gasteiger partial charge in [0, 0.05) is 22.0 Å². The fourth-order valence-electron chi connectivity index (χ4n) is 3.99. The molecule has 1 N–H and O–H groups in total. The molecule has 1 aliphatic rings. The summed E-state index contributed by atoms with van der Waals surface area (Å²) in [5.41, 5.74) is 4.99. The van der Waals surface area contributed by atoms with Gasteiger partial charge in [-0.3, -0.25) is 4.90 Å². The van der Waals surface area contributed by atoms with Crippen LogP contribution < -0.4 is 10.2 Å². The second-order valence-electron chi connectivity index (χ2n) is 7.99. The van der Waals surface area contributed by atoms with Crippen molar-refractivity contribution in [2.24, 2.45) is 0 Å². The maximum atomic E-state index is 13.7. The Morgan fingerprint density at radius 2 is 1.76 bits per heavy atom. The number of allylic oxidation sites excluding steroid dienone is 1. The summed E-state index contributed by atoms with van der Waals surface area (Å²) < 4.78 is 19.4. The Labute approximate surface area is 206 Å². The molecule has 2 heterocycles. The Balaban J connectivity index is 1.66. The van der Waals surface area contributed by atoms with Gasteiger partial charge in [-0.1, -0.05) is 65.3 Å². The van der Waals surface area contributed by atoms with Crippen molar-refractivity contribution in [1.82, 2.24) is 15.5 Å². The number of anilines is 1. The topological polar surface area (TPSA) is 54.2 Å². The number of aryl methyl sites for hydroxylation is 1. The summed E-state index contributed by atoms with van der Waals surface area (Å²) in [6, 6.07) is 21.2. The van der Waals surface area contributed by atoms with Crippen LogP contribution in [0.2, 0.25) is 5.02 Å². The number of nitrogens with one attached hydrogen (secondary N) is 1. The molecule has 0 amide bonds. The molecule has 0 radical (unpaired) electrons. The van der Waals surface area contributed by atoms with E-state index in [2.05, 4.69) is 15.5 Å². The van der Waals surface area contributed by atoms with E-state index < -0.39 is 6.04 Å². The highest BCUT2D eigenvalue weighted by Crippen LogP contribution is 2.39. The number of hydrogen-bond donors (Lipinski definition) is 1. The molecule has 5 rings (SSSR count). The molecule has 5 nitrogen and oxygen atoms in total. The molecule has 1 atom stereocenters. The minimum Gasteiger partial charge on any atom is -0.351 e. The molecule has 1 aliphatic heterocycles. The van der Waals surface area contributed by atoms with Crippen LogP contribution in [0.25, 0.3) is 17.0 Å². The lowest BCUT2D eigenvalue weighted by Crippen LogP contribution is -2.46. The van der Waals surface area contributed by atoms with Crippen molar-refractivity contribution in [3.05, 3.63) is 106 Å². The van der Waals surface area contributed by atoms with Gasteiger partial charge in [-0.05, 0) is 61.5 Å². The predicted molar refractivity (Wildman–Crippen MR) is 136 cm³/mol. The highest BCUT2D eigenvalue weighted by molar-refractivity contribution is 7.80. The van der Waals surface area contributed by atoms with E-state index >= 15 is 0 Å². The molecule has 0 aliphatic carbocycles. The summed E-state index contributed by atoms with van der Waals surface area (Å²) in [6.07, 6.45) is 0. The molecule has 3 aromatic carbocycles. The Kier molecular flexibility index (Phi) is 5.89. The Morgan fingerprint density at radius 3 is 2.47 bits per heavy atom. The van der Waals surface area contributed by atoms with Crippen molar-refractivity contribution in [2.45, 2.75) is 19.9 Å². The van der Waals surface area contributed by atoms with E-state index in [1.807, 2.05) is 67.3 Å². The molecule has 0 bridgehead atoms. The minimum absolute atomic E-state index is 0.315. The first kappa shape index (κ1) is 22.3. The van der Waals surface area contributed by atoms with E-state index in [1.165, 1.54) is 12.1 Å². The molecular weight excluding hydrogens is 471 g/mol. The first-order valence-electron chi connectivity index (χ1n) is 10.6. The summed E-state index contributed by atoms with van der Waals surface area (Å²) in [5.74, 6) is 0.514. The number of nitrogens with zero attached hydrogens (tertiary/aromatic N) is 3. The number of rotatable bonds is 4. The molecule has 8 heteroatoms. The van der Waals surface area contributed by atoms with Crippen LogP contribution in [0.4, 0.5) is 10.1 Å². The van der Waals surface area contributed by atoms with Gasteiger partial charge in [0.25, 0.3) is 5.89 Å². The molecule has 1 aromatic heterocycles. The standard InChI is InChI=1S/C26H20ClFN4OS/c1-15-8-13-20(14-21(15)27)32-16(2)22(23(29-26(32)34)17-9-11-19(28)12-10-17)25-30-24(31-33-25)18-6-4-3-5-7-18/h3-14,23H,1-2H3,(H,29,34). The molecule has 0 spiro atoms. The summed E-state index contributed by atoms with van der Waals surface area (Å²) >= 11 is 12.2. The maximum absolute atomic E-state index is 13.7. The van der Waals surface area contributed by atoms with Gasteiger partial charge in [-0.25, -0.2) is 4.39 Å². The third-order valence-corrected chi connectivity index (χ3v) is 6.50. The zero-order valence-corrected chi connectivity index (χ0v) is 20.0. The van der Waals surface area contributed by atoms with E-state index in [0.717, 1.165) is 33.6 Å². The van der Waals surface area contributed by atoms with Crippen molar-refractivity contribution >= 4 is 40.2 Å². The first-order valence-corrected chi connectivity index (χ1v) is 11.4. The zero-order chi connectivity index (χ0) is 23.8. The lowest BCUT2D eigenvalue weighted by Gasteiger charge is -2.37. The van der Waals surface area contributed by atoms with Crippen LogP contribution in [0.3, 0.4) is 0 Å². The second-order valence-corrected chi connectivity index (χ2v) is 8.79. The third-order valence-electron chi connectivity index (χ3n) is 5.79. The monoisotopic (exact) mass is 490 g/mol. The van der Waals surface area contributed by atoms with Crippen molar-refractivity contribution in [3.8, 4) is 11.4 Å². The van der Waals surface area contributed by atoms with E-state index in [0.29, 0.717) is 21.9 Å². The molecule has 0 saturated heterocycles. The zero-order valence-electron chi connectivity index (χ0n) is 18.4. The van der Waals surface area contributed by atoms with E-state index in [1.54, 1.807) is 12.1 Å². The molecule has 170 valence electrons. The Morgan fingerprint density at radius 1 is 1.03 bits per heavy atom. The summed E-state index contributed by atoms with van der Waals surface area (Å²) in [5, 5.41) is 8.69. The van der Waals surface area contributed by atoms with Crippen molar-refractivity contribution < 1.29 is 8.91 Å². The Hall–Kier alpha value is -3.55. The summed E-state index contributed by atoms with van der Waals surface area (Å²) in [4.78, 5) is 6.58. The van der Waals surface area contributed by atoms with Gasteiger partial charge in [0.15, 0.2) is 5.11 Å². The normalized spacial score (nSPS) is 16.1. The van der Waals surface area contributed by atoms with Crippen LogP contribution in [0.1, 0.15) is 30.0 Å². The smallest absolute Gasteiger partial charge is 0.258 e. The maximum Gasteiger partial charge on any atom is 0.258 e. The summed E-state index contributed by atoms with van der Waals surface area (Å²) in [6.45, 7) is 3.89. The molecule has 0 fully saturated rings. The highest BCUT2D eigenvalue weighted by atomic mass is 35.5. The number of hydrogen-bond acceptors (Lipinski definition) is 4. The molecular formula is C26H20ClFN4OS. The van der Waals surface area contributed by atoms with E-state index in [4.69, 9.17) is 28.3 Å². The van der Waals surface area contributed by atoms with Crippen molar-refractivity contribution in [3.63, 3.8) is 0 Å². The molecule has 1 unspecified atom stereocenters. The average Bonchev–Trinajstić information content (AvgIpc) is 3.32. The molecule has 0 saturated carbocycles. The second kappa shape index (κ2) is 9.00. The number of thiocarbonyl (C=S) groups is 1. The van der Waals surface area contributed by atoms with Crippen LogP contribution >= 0.6 is 23.8 Å². The largest absolute Gasteiger partial charge is 0.351 e. The van der Waals surface area contributed by atoms with Crippen molar-refractivity contribution in [2.75, 3.05) is 4.90 Å². The summed E-state index contributed by atoms with van der Waals surface area (Å²) in [7, 11) is 0. The Bertz CT molecular complexity index is 1400. The van der Waals surface area contributed by atoms with Crippen molar-refractivity contribution in [1.29, 1.82) is 0 Å². The lowest BCUT2D eigenvalue weighted by molar-refractivity contribution is 0.404. The predicted octanol–water partition coefficient (Wildman–Crippen LogP) is 6.70. The quantitative estimate of drug-likeness (QED) is 0.321. The van der Waals surface area contributed by atoms with Crippen LogP contribution in [-0.2, 0) is 0 Å². The van der Waals surface area contributed by atoms with E-state index in [9.17, 15) is 4.39 Å². The van der Waals surface area contributed by atoms with Crippen LogP contribution in [-0.4, -0.2) is 15.3 Å². The number of halogens is 2. The fourth-order valence-corrected chi connectivity index (χ4v) is 4.53. The van der Waals surface area contributed by atoms with Gasteiger partial charge in [-0.2, -0.15) is 4.98 Å².